The maximum absolute atomic E-state index is 12.1. The smallest absolute Gasteiger partial charge is 0.266 e. The van der Waals surface area contributed by atoms with Crippen LogP contribution in [-0.2, 0) is 11.8 Å². The fourth-order valence-corrected chi connectivity index (χ4v) is 1.83. The third-order valence-corrected chi connectivity index (χ3v) is 2.96. The number of anilines is 1. The van der Waals surface area contributed by atoms with Gasteiger partial charge in [-0.25, -0.2) is 0 Å². The molecule has 1 unspecified atom stereocenters. The molecule has 0 aliphatic rings. The van der Waals surface area contributed by atoms with Gasteiger partial charge in [-0.3, -0.25) is 9.48 Å². The van der Waals surface area contributed by atoms with Crippen LogP contribution in [0, 0.1) is 13.8 Å². The predicted molar refractivity (Wildman–Crippen MR) is 77.8 cm³/mol. The lowest BCUT2D eigenvalue weighted by atomic mass is 10.2. The SMILES string of the molecule is Cc1ccc(OC(C)C(=O)Nc2cc(C)nn2C)cc1. The summed E-state index contributed by atoms with van der Waals surface area (Å²) in [6.07, 6.45) is -0.576. The van der Waals surface area contributed by atoms with Crippen LogP contribution in [0.25, 0.3) is 0 Å². The molecular formula is C15H19N3O2. The van der Waals surface area contributed by atoms with E-state index in [1.54, 1.807) is 18.7 Å². The molecule has 0 spiro atoms. The van der Waals surface area contributed by atoms with Gasteiger partial charge in [0.15, 0.2) is 6.10 Å². The van der Waals surface area contributed by atoms with Crippen LogP contribution in [0.2, 0.25) is 0 Å². The predicted octanol–water partition coefficient (Wildman–Crippen LogP) is 2.44. The lowest BCUT2D eigenvalue weighted by Gasteiger charge is -2.14. The van der Waals surface area contributed by atoms with Gasteiger partial charge in [0.05, 0.1) is 5.69 Å². The van der Waals surface area contributed by atoms with Gasteiger partial charge in [-0.1, -0.05) is 17.7 Å². The summed E-state index contributed by atoms with van der Waals surface area (Å²) in [4.78, 5) is 12.1. The minimum absolute atomic E-state index is 0.200. The second kappa shape index (κ2) is 5.77. The third-order valence-electron chi connectivity index (χ3n) is 2.96. The summed E-state index contributed by atoms with van der Waals surface area (Å²) in [6.45, 7) is 5.60. The molecular weight excluding hydrogens is 254 g/mol. The molecule has 0 saturated carbocycles. The van der Waals surface area contributed by atoms with E-state index in [0.29, 0.717) is 11.6 Å². The van der Waals surface area contributed by atoms with Gasteiger partial charge in [-0.05, 0) is 32.9 Å². The maximum atomic E-state index is 12.1. The Morgan fingerprint density at radius 3 is 2.50 bits per heavy atom. The molecule has 0 fully saturated rings. The zero-order valence-electron chi connectivity index (χ0n) is 12.2. The van der Waals surface area contributed by atoms with Crippen molar-refractivity contribution < 1.29 is 9.53 Å². The van der Waals surface area contributed by atoms with E-state index in [4.69, 9.17) is 4.74 Å². The summed E-state index contributed by atoms with van der Waals surface area (Å²) in [7, 11) is 1.79. The summed E-state index contributed by atoms with van der Waals surface area (Å²) in [5.74, 6) is 1.14. The van der Waals surface area contributed by atoms with Gasteiger partial charge in [0.1, 0.15) is 11.6 Å². The van der Waals surface area contributed by atoms with Crippen molar-refractivity contribution in [1.29, 1.82) is 0 Å². The van der Waals surface area contributed by atoms with Crippen molar-refractivity contribution in [2.24, 2.45) is 7.05 Å². The number of benzene rings is 1. The van der Waals surface area contributed by atoms with Crippen LogP contribution in [0.1, 0.15) is 18.2 Å². The molecule has 106 valence electrons. The van der Waals surface area contributed by atoms with Gasteiger partial charge in [0.2, 0.25) is 0 Å². The van der Waals surface area contributed by atoms with Gasteiger partial charge in [0, 0.05) is 13.1 Å². The molecule has 20 heavy (non-hydrogen) atoms. The van der Waals surface area contributed by atoms with Crippen LogP contribution >= 0.6 is 0 Å². The van der Waals surface area contributed by atoms with Crippen molar-refractivity contribution in [3.63, 3.8) is 0 Å². The van der Waals surface area contributed by atoms with Crippen molar-refractivity contribution in [2.45, 2.75) is 26.9 Å². The maximum Gasteiger partial charge on any atom is 0.266 e. The summed E-state index contributed by atoms with van der Waals surface area (Å²) in [5, 5.41) is 6.98. The normalized spacial score (nSPS) is 12.0. The molecule has 1 atom stereocenters. The molecule has 1 aromatic heterocycles. The van der Waals surface area contributed by atoms with Crippen LogP contribution in [0.5, 0.6) is 5.75 Å². The summed E-state index contributed by atoms with van der Waals surface area (Å²) < 4.78 is 7.24. The Balaban J connectivity index is 1.98. The van der Waals surface area contributed by atoms with Gasteiger partial charge in [-0.15, -0.1) is 0 Å². The first kappa shape index (κ1) is 14.1. The van der Waals surface area contributed by atoms with Gasteiger partial charge in [0.25, 0.3) is 5.91 Å². The zero-order chi connectivity index (χ0) is 14.7. The molecule has 0 radical (unpaired) electrons. The number of amides is 1. The number of nitrogens with zero attached hydrogens (tertiary/aromatic N) is 2. The molecule has 1 aromatic carbocycles. The van der Waals surface area contributed by atoms with E-state index in [-0.39, 0.29) is 5.91 Å². The van der Waals surface area contributed by atoms with Crippen molar-refractivity contribution in [3.05, 3.63) is 41.6 Å². The Labute approximate surface area is 118 Å². The standard InChI is InChI=1S/C15H19N3O2/c1-10-5-7-13(8-6-10)20-12(3)15(19)16-14-9-11(2)17-18(14)4/h5-9,12H,1-4H3,(H,16,19). The molecule has 2 aromatic rings. The first-order valence-electron chi connectivity index (χ1n) is 6.50. The Kier molecular flexibility index (Phi) is 4.08. The third kappa shape index (κ3) is 3.38. The highest BCUT2D eigenvalue weighted by molar-refractivity contribution is 5.93. The monoisotopic (exact) mass is 273 g/mol. The number of ether oxygens (including phenoxy) is 1. The number of aromatic nitrogens is 2. The van der Waals surface area contributed by atoms with Crippen LogP contribution in [0.4, 0.5) is 5.82 Å². The minimum Gasteiger partial charge on any atom is -0.481 e. The Morgan fingerprint density at radius 1 is 1.30 bits per heavy atom. The van der Waals surface area contributed by atoms with Gasteiger partial charge in [-0.2, -0.15) is 5.10 Å². The van der Waals surface area contributed by atoms with Crippen molar-refractivity contribution in [2.75, 3.05) is 5.32 Å². The Bertz CT molecular complexity index is 602. The molecule has 5 nitrogen and oxygen atoms in total. The number of carbonyl (C=O) groups excluding carboxylic acids is 1. The highest BCUT2D eigenvalue weighted by Crippen LogP contribution is 2.14. The molecule has 1 heterocycles. The number of rotatable bonds is 4. The molecule has 1 amide bonds. The number of aryl methyl sites for hydroxylation is 3. The number of hydrogen-bond acceptors (Lipinski definition) is 3. The van der Waals surface area contributed by atoms with E-state index in [1.807, 2.05) is 44.2 Å². The Hall–Kier alpha value is -2.30. The highest BCUT2D eigenvalue weighted by atomic mass is 16.5. The van der Waals surface area contributed by atoms with E-state index in [0.717, 1.165) is 11.3 Å². The quantitative estimate of drug-likeness (QED) is 0.931. The number of nitrogens with one attached hydrogen (secondary N) is 1. The van der Waals surface area contributed by atoms with E-state index in [9.17, 15) is 4.79 Å². The summed E-state index contributed by atoms with van der Waals surface area (Å²) >= 11 is 0. The van der Waals surface area contributed by atoms with Crippen LogP contribution in [-0.4, -0.2) is 21.8 Å². The molecule has 0 bridgehead atoms. The van der Waals surface area contributed by atoms with Gasteiger partial charge < -0.3 is 10.1 Å². The van der Waals surface area contributed by atoms with E-state index < -0.39 is 6.10 Å². The fraction of sp³-hybridized carbons (Fsp3) is 0.333. The fourth-order valence-electron chi connectivity index (χ4n) is 1.83. The van der Waals surface area contributed by atoms with E-state index in [2.05, 4.69) is 10.4 Å². The minimum atomic E-state index is -0.576. The molecule has 0 aliphatic carbocycles. The van der Waals surface area contributed by atoms with Crippen LogP contribution < -0.4 is 10.1 Å². The van der Waals surface area contributed by atoms with E-state index in [1.165, 1.54) is 0 Å². The molecule has 1 N–H and O–H groups in total. The lowest BCUT2D eigenvalue weighted by molar-refractivity contribution is -0.122. The van der Waals surface area contributed by atoms with Crippen molar-refractivity contribution in [1.82, 2.24) is 9.78 Å². The van der Waals surface area contributed by atoms with Crippen LogP contribution in [0.15, 0.2) is 30.3 Å². The second-order valence-electron chi connectivity index (χ2n) is 4.86. The highest BCUT2D eigenvalue weighted by Gasteiger charge is 2.16. The summed E-state index contributed by atoms with van der Waals surface area (Å²) in [5.41, 5.74) is 2.01. The summed E-state index contributed by atoms with van der Waals surface area (Å²) in [6, 6.07) is 9.42. The zero-order valence-corrected chi connectivity index (χ0v) is 12.2. The molecule has 5 heteroatoms. The average Bonchev–Trinajstić information content (AvgIpc) is 2.70. The average molecular weight is 273 g/mol. The first-order valence-corrected chi connectivity index (χ1v) is 6.50. The van der Waals surface area contributed by atoms with Crippen LogP contribution in [0.3, 0.4) is 0 Å². The molecule has 2 rings (SSSR count). The number of carbonyl (C=O) groups is 1. The van der Waals surface area contributed by atoms with Crippen molar-refractivity contribution >= 4 is 11.7 Å². The lowest BCUT2D eigenvalue weighted by Crippen LogP contribution is -2.30. The topological polar surface area (TPSA) is 56.1 Å². The van der Waals surface area contributed by atoms with E-state index >= 15 is 0 Å². The molecule has 0 aliphatic heterocycles. The molecule has 0 saturated heterocycles. The van der Waals surface area contributed by atoms with Gasteiger partial charge >= 0.3 is 0 Å². The second-order valence-corrected chi connectivity index (χ2v) is 4.86. The number of hydrogen-bond donors (Lipinski definition) is 1. The first-order chi connectivity index (χ1) is 9.45. The largest absolute Gasteiger partial charge is 0.481 e. The van der Waals surface area contributed by atoms with Crippen molar-refractivity contribution in [3.8, 4) is 5.75 Å². The Morgan fingerprint density at radius 2 is 1.95 bits per heavy atom.